The zero-order valence-electron chi connectivity index (χ0n) is 12.6. The van der Waals surface area contributed by atoms with Gasteiger partial charge < -0.3 is 10.5 Å². The summed E-state index contributed by atoms with van der Waals surface area (Å²) in [6.07, 6.45) is 0.751. The highest BCUT2D eigenvalue weighted by Gasteiger charge is 2.30. The van der Waals surface area contributed by atoms with Crippen LogP contribution in [0.2, 0.25) is 0 Å². The van der Waals surface area contributed by atoms with E-state index in [2.05, 4.69) is 53.4 Å². The third-order valence-electron chi connectivity index (χ3n) is 2.39. The number of hydrogen-bond acceptors (Lipinski definition) is 2. The first-order chi connectivity index (χ1) is 7.58. The van der Waals surface area contributed by atoms with Gasteiger partial charge in [0.15, 0.2) is 0 Å². The van der Waals surface area contributed by atoms with Gasteiger partial charge in [0.25, 0.3) is 0 Å². The van der Waals surface area contributed by atoms with Crippen molar-refractivity contribution in [3.05, 3.63) is 0 Å². The van der Waals surface area contributed by atoms with Crippen molar-refractivity contribution in [3.8, 4) is 11.8 Å². The van der Waals surface area contributed by atoms with E-state index in [-0.39, 0.29) is 23.0 Å². The second-order valence-corrected chi connectivity index (χ2v) is 6.66. The molecule has 0 radical (unpaired) electrons. The maximum atomic E-state index is 6.19. The molecule has 2 heteroatoms. The molecule has 0 bridgehead atoms. The van der Waals surface area contributed by atoms with Crippen molar-refractivity contribution in [3.63, 3.8) is 0 Å². The monoisotopic (exact) mass is 239 g/mol. The van der Waals surface area contributed by atoms with Crippen LogP contribution in [-0.4, -0.2) is 18.8 Å². The van der Waals surface area contributed by atoms with Crippen LogP contribution in [0.4, 0.5) is 0 Å². The highest BCUT2D eigenvalue weighted by molar-refractivity contribution is 5.09. The largest absolute Gasteiger partial charge is 0.376 e. The average molecular weight is 239 g/mol. The second-order valence-electron chi connectivity index (χ2n) is 6.66. The van der Waals surface area contributed by atoms with E-state index in [4.69, 9.17) is 10.5 Å². The van der Waals surface area contributed by atoms with E-state index in [1.165, 1.54) is 0 Å². The Morgan fingerprint density at radius 2 is 1.65 bits per heavy atom. The van der Waals surface area contributed by atoms with Gasteiger partial charge in [0.2, 0.25) is 0 Å². The molecule has 2 atom stereocenters. The molecule has 0 aromatic heterocycles. The number of ether oxygens (including phenoxy) is 1. The van der Waals surface area contributed by atoms with Gasteiger partial charge >= 0.3 is 0 Å². The lowest BCUT2D eigenvalue weighted by Gasteiger charge is -2.34. The van der Waals surface area contributed by atoms with Crippen LogP contribution in [-0.2, 0) is 4.74 Å². The molecular formula is C15H29NO. The Bertz CT molecular complexity index is 272. The predicted molar refractivity (Wildman–Crippen MR) is 74.7 cm³/mol. The molecule has 0 aromatic carbocycles. The second kappa shape index (κ2) is 6.42. The van der Waals surface area contributed by atoms with Crippen LogP contribution in [0.15, 0.2) is 0 Å². The van der Waals surface area contributed by atoms with Gasteiger partial charge in [-0.1, -0.05) is 26.7 Å². The normalized spacial score (nSPS) is 16.0. The Labute approximate surface area is 107 Å². The van der Waals surface area contributed by atoms with Crippen molar-refractivity contribution >= 4 is 0 Å². The Hall–Kier alpha value is -0.520. The molecule has 0 aliphatic heterocycles. The van der Waals surface area contributed by atoms with Crippen LogP contribution in [0.3, 0.4) is 0 Å². The van der Waals surface area contributed by atoms with Gasteiger partial charge in [-0.25, -0.2) is 0 Å². The molecule has 0 aromatic rings. The molecule has 0 saturated heterocycles. The maximum Gasteiger partial charge on any atom is 0.0783 e. The highest BCUT2D eigenvalue weighted by atomic mass is 16.5. The molecule has 0 spiro atoms. The first-order valence-electron chi connectivity index (χ1n) is 6.45. The smallest absolute Gasteiger partial charge is 0.0783 e. The molecule has 0 aliphatic carbocycles. The molecule has 0 rings (SSSR count). The zero-order chi connectivity index (χ0) is 13.7. The van der Waals surface area contributed by atoms with E-state index < -0.39 is 0 Å². The summed E-state index contributed by atoms with van der Waals surface area (Å²) < 4.78 is 5.76. The first-order valence-corrected chi connectivity index (χ1v) is 6.45. The van der Waals surface area contributed by atoms with Crippen molar-refractivity contribution in [2.24, 2.45) is 16.6 Å². The van der Waals surface area contributed by atoms with E-state index in [1.807, 2.05) is 6.92 Å². The Morgan fingerprint density at radius 1 is 1.12 bits per heavy atom. The third kappa shape index (κ3) is 7.41. The van der Waals surface area contributed by atoms with Crippen LogP contribution in [0.1, 0.15) is 54.9 Å². The van der Waals surface area contributed by atoms with Gasteiger partial charge in [-0.2, -0.15) is 0 Å². The van der Waals surface area contributed by atoms with Crippen LogP contribution in [0.5, 0.6) is 0 Å². The van der Waals surface area contributed by atoms with Crippen molar-refractivity contribution < 1.29 is 4.74 Å². The fourth-order valence-corrected chi connectivity index (χ4v) is 1.74. The SMILES string of the molecule is CCOC(C(N)CC#CC(C)(C)C)C(C)(C)C. The quantitative estimate of drug-likeness (QED) is 0.765. The van der Waals surface area contributed by atoms with E-state index in [1.54, 1.807) is 0 Å². The first kappa shape index (κ1) is 16.5. The Morgan fingerprint density at radius 3 is 2.00 bits per heavy atom. The molecule has 0 saturated carbocycles. The lowest BCUT2D eigenvalue weighted by atomic mass is 9.83. The van der Waals surface area contributed by atoms with Gasteiger partial charge in [-0.05, 0) is 33.1 Å². The molecule has 2 nitrogen and oxygen atoms in total. The van der Waals surface area contributed by atoms with Crippen LogP contribution in [0, 0.1) is 22.7 Å². The van der Waals surface area contributed by atoms with Gasteiger partial charge in [-0.3, -0.25) is 0 Å². The molecule has 2 unspecified atom stereocenters. The topological polar surface area (TPSA) is 35.2 Å². The lowest BCUT2D eigenvalue weighted by molar-refractivity contribution is -0.0265. The highest BCUT2D eigenvalue weighted by Crippen LogP contribution is 2.25. The Kier molecular flexibility index (Phi) is 6.23. The van der Waals surface area contributed by atoms with E-state index >= 15 is 0 Å². The summed E-state index contributed by atoms with van der Waals surface area (Å²) in [5.41, 5.74) is 6.29. The van der Waals surface area contributed by atoms with Crippen molar-refractivity contribution in [2.75, 3.05) is 6.61 Å². The Balaban J connectivity index is 4.53. The zero-order valence-corrected chi connectivity index (χ0v) is 12.6. The molecule has 0 aliphatic rings. The summed E-state index contributed by atoms with van der Waals surface area (Å²) in [5, 5.41) is 0. The van der Waals surface area contributed by atoms with Gasteiger partial charge in [0.05, 0.1) is 6.10 Å². The van der Waals surface area contributed by atoms with Crippen LogP contribution in [0.25, 0.3) is 0 Å². The number of nitrogens with two attached hydrogens (primary N) is 1. The molecule has 0 heterocycles. The standard InChI is InChI=1S/C15H29NO/c1-8-17-13(15(5,6)7)12(16)10-9-11-14(2,3)4/h12-13H,8,10,16H2,1-7H3. The number of hydrogen-bond donors (Lipinski definition) is 1. The van der Waals surface area contributed by atoms with Crippen molar-refractivity contribution in [1.82, 2.24) is 0 Å². The molecular weight excluding hydrogens is 210 g/mol. The molecule has 0 amide bonds. The van der Waals surface area contributed by atoms with Crippen LogP contribution < -0.4 is 5.73 Å². The van der Waals surface area contributed by atoms with Crippen molar-refractivity contribution in [1.29, 1.82) is 0 Å². The van der Waals surface area contributed by atoms with E-state index in [9.17, 15) is 0 Å². The summed E-state index contributed by atoms with van der Waals surface area (Å²) in [6, 6.07) is -0.0233. The molecule has 2 N–H and O–H groups in total. The van der Waals surface area contributed by atoms with E-state index in [0.717, 1.165) is 0 Å². The average Bonchev–Trinajstić information content (AvgIpc) is 2.09. The summed E-state index contributed by atoms with van der Waals surface area (Å²) in [4.78, 5) is 0. The molecule has 0 fully saturated rings. The fraction of sp³-hybridized carbons (Fsp3) is 0.867. The van der Waals surface area contributed by atoms with Crippen molar-refractivity contribution in [2.45, 2.75) is 67.0 Å². The lowest BCUT2D eigenvalue weighted by Crippen LogP contribution is -2.45. The number of rotatable bonds is 4. The van der Waals surface area contributed by atoms with Crippen LogP contribution >= 0.6 is 0 Å². The van der Waals surface area contributed by atoms with Gasteiger partial charge in [0, 0.05) is 24.5 Å². The minimum Gasteiger partial charge on any atom is -0.376 e. The molecule has 17 heavy (non-hydrogen) atoms. The third-order valence-corrected chi connectivity index (χ3v) is 2.39. The van der Waals surface area contributed by atoms with E-state index in [0.29, 0.717) is 13.0 Å². The molecule has 100 valence electrons. The summed E-state index contributed by atoms with van der Waals surface area (Å²) in [5.74, 6) is 6.40. The predicted octanol–water partition coefficient (Wildman–Crippen LogP) is 3.20. The summed E-state index contributed by atoms with van der Waals surface area (Å²) >= 11 is 0. The summed E-state index contributed by atoms with van der Waals surface area (Å²) in [6.45, 7) is 15.5. The van der Waals surface area contributed by atoms with Gasteiger partial charge in [-0.15, -0.1) is 5.92 Å². The summed E-state index contributed by atoms with van der Waals surface area (Å²) in [7, 11) is 0. The minimum absolute atomic E-state index is 0.0233. The minimum atomic E-state index is -0.0233. The van der Waals surface area contributed by atoms with Gasteiger partial charge in [0.1, 0.15) is 0 Å². The maximum absolute atomic E-state index is 6.19. The fourth-order valence-electron chi connectivity index (χ4n) is 1.74.